The summed E-state index contributed by atoms with van der Waals surface area (Å²) in [7, 11) is 0. The summed E-state index contributed by atoms with van der Waals surface area (Å²) < 4.78 is 20.3. The first-order valence-corrected chi connectivity index (χ1v) is 11.5. The van der Waals surface area contributed by atoms with Crippen LogP contribution >= 0.6 is 11.6 Å². The summed E-state index contributed by atoms with van der Waals surface area (Å²) in [4.78, 5) is 18.1. The minimum Gasteiger partial charge on any atom is -0.606 e. The largest absolute Gasteiger partial charge is 0.606 e. The Hall–Kier alpha value is -3.57. The van der Waals surface area contributed by atoms with Crippen LogP contribution in [0.4, 0.5) is 0 Å². The van der Waals surface area contributed by atoms with Crippen molar-refractivity contribution in [2.24, 2.45) is 0 Å². The maximum Gasteiger partial charge on any atom is 0.269 e. The van der Waals surface area contributed by atoms with E-state index in [1.165, 1.54) is 10.5 Å². The standard InChI is InChI=1S/C25H18ClN3O3S/c1-16-6-9-19(10-7-16)33(31)20(15-27)14-21-24(32-18-8-11-22(26)17(2)13-18)28-23-5-3-4-12-29(23)25(21)30/h3-14H,1-2H3/b20-14+. The van der Waals surface area contributed by atoms with Crippen LogP contribution in [0.25, 0.3) is 11.7 Å². The zero-order valence-corrected chi connectivity index (χ0v) is 19.4. The number of halogens is 1. The third kappa shape index (κ3) is 4.78. The van der Waals surface area contributed by atoms with Crippen molar-refractivity contribution in [2.45, 2.75) is 18.7 Å². The van der Waals surface area contributed by atoms with Gasteiger partial charge in [-0.15, -0.1) is 0 Å². The summed E-state index contributed by atoms with van der Waals surface area (Å²) in [6.07, 6.45) is 2.85. The fourth-order valence-corrected chi connectivity index (χ4v) is 4.19. The summed E-state index contributed by atoms with van der Waals surface area (Å²) in [6.45, 7) is 3.74. The minimum atomic E-state index is -1.78. The van der Waals surface area contributed by atoms with E-state index >= 15 is 0 Å². The number of allylic oxidation sites excluding steroid dienone is 1. The molecule has 6 nitrogen and oxygen atoms in total. The van der Waals surface area contributed by atoms with Gasteiger partial charge in [-0.05, 0) is 61.9 Å². The van der Waals surface area contributed by atoms with Gasteiger partial charge in [0.1, 0.15) is 17.0 Å². The van der Waals surface area contributed by atoms with Gasteiger partial charge in [0.05, 0.1) is 0 Å². The second-order valence-electron chi connectivity index (χ2n) is 7.28. The Bertz CT molecular complexity index is 1470. The maximum absolute atomic E-state index is 13.3. The Morgan fingerprint density at radius 2 is 1.94 bits per heavy atom. The molecule has 0 amide bonds. The minimum absolute atomic E-state index is 0.00146. The van der Waals surface area contributed by atoms with E-state index in [0.717, 1.165) is 11.1 Å². The highest BCUT2D eigenvalue weighted by atomic mass is 35.5. The first-order chi connectivity index (χ1) is 15.9. The van der Waals surface area contributed by atoms with Crippen molar-refractivity contribution >= 4 is 34.5 Å². The second kappa shape index (κ2) is 9.51. The molecule has 0 spiro atoms. The molecular formula is C25H18ClN3O3S. The summed E-state index contributed by atoms with van der Waals surface area (Å²) in [5, 5.41) is 10.3. The zero-order chi connectivity index (χ0) is 23.5. The molecule has 0 N–H and O–H groups in total. The number of benzene rings is 2. The monoisotopic (exact) mass is 475 g/mol. The van der Waals surface area contributed by atoms with Crippen molar-refractivity contribution in [3.8, 4) is 17.7 Å². The molecule has 2 heterocycles. The van der Waals surface area contributed by atoms with E-state index in [-0.39, 0.29) is 16.3 Å². The molecule has 33 heavy (non-hydrogen) atoms. The molecule has 0 fully saturated rings. The normalized spacial score (nSPS) is 12.4. The van der Waals surface area contributed by atoms with Gasteiger partial charge < -0.3 is 9.29 Å². The van der Waals surface area contributed by atoms with E-state index in [9.17, 15) is 14.6 Å². The van der Waals surface area contributed by atoms with Crippen LogP contribution in [0.15, 0.2) is 81.5 Å². The molecule has 164 valence electrons. The average molecular weight is 476 g/mol. The van der Waals surface area contributed by atoms with Crippen LogP contribution in [-0.2, 0) is 11.2 Å². The van der Waals surface area contributed by atoms with Crippen molar-refractivity contribution in [3.63, 3.8) is 0 Å². The molecule has 0 aliphatic carbocycles. The van der Waals surface area contributed by atoms with Gasteiger partial charge in [-0.3, -0.25) is 9.20 Å². The highest BCUT2D eigenvalue weighted by Gasteiger charge is 2.22. The van der Waals surface area contributed by atoms with Gasteiger partial charge in [0.15, 0.2) is 11.0 Å². The van der Waals surface area contributed by atoms with Crippen molar-refractivity contribution < 1.29 is 9.29 Å². The predicted molar refractivity (Wildman–Crippen MR) is 129 cm³/mol. The summed E-state index contributed by atoms with van der Waals surface area (Å²) in [5.74, 6) is 0.429. The highest BCUT2D eigenvalue weighted by molar-refractivity contribution is 7.95. The number of aryl methyl sites for hydroxylation is 2. The van der Waals surface area contributed by atoms with Crippen molar-refractivity contribution in [3.05, 3.63) is 104 Å². The fraction of sp³-hybridized carbons (Fsp3) is 0.0800. The first kappa shape index (κ1) is 22.6. The molecule has 8 heteroatoms. The third-order valence-corrected chi connectivity index (χ3v) is 6.63. The van der Waals surface area contributed by atoms with E-state index in [2.05, 4.69) is 4.98 Å². The molecule has 0 radical (unpaired) electrons. The Kier molecular flexibility index (Phi) is 6.52. The van der Waals surface area contributed by atoms with Gasteiger partial charge in [0, 0.05) is 28.5 Å². The molecule has 0 aliphatic heterocycles. The molecule has 4 rings (SSSR count). The van der Waals surface area contributed by atoms with Crippen LogP contribution in [0.1, 0.15) is 16.7 Å². The lowest BCUT2D eigenvalue weighted by Gasteiger charge is -2.12. The van der Waals surface area contributed by atoms with E-state index in [0.29, 0.717) is 21.3 Å². The van der Waals surface area contributed by atoms with Crippen LogP contribution in [0.5, 0.6) is 11.6 Å². The van der Waals surface area contributed by atoms with Gasteiger partial charge in [-0.2, -0.15) is 10.2 Å². The second-order valence-corrected chi connectivity index (χ2v) is 9.14. The predicted octanol–water partition coefficient (Wildman–Crippen LogP) is 5.43. The van der Waals surface area contributed by atoms with Gasteiger partial charge >= 0.3 is 0 Å². The smallest absolute Gasteiger partial charge is 0.269 e. The molecule has 0 saturated heterocycles. The molecular weight excluding hydrogens is 458 g/mol. The van der Waals surface area contributed by atoms with Gasteiger partial charge in [0.2, 0.25) is 10.8 Å². The van der Waals surface area contributed by atoms with Crippen LogP contribution in [0, 0.1) is 25.2 Å². The topological polar surface area (TPSA) is 90.4 Å². The van der Waals surface area contributed by atoms with Crippen LogP contribution in [0.3, 0.4) is 0 Å². The number of aromatic nitrogens is 2. The number of fused-ring (bicyclic) bond motifs is 1. The number of pyridine rings is 1. The van der Waals surface area contributed by atoms with Crippen molar-refractivity contribution in [2.75, 3.05) is 0 Å². The Morgan fingerprint density at radius 1 is 1.18 bits per heavy atom. The molecule has 0 aliphatic rings. The zero-order valence-electron chi connectivity index (χ0n) is 17.8. The van der Waals surface area contributed by atoms with Crippen molar-refractivity contribution in [1.29, 1.82) is 5.26 Å². The SMILES string of the molecule is Cc1ccc([S+]([O-])/C(C#N)=C/c2c(Oc3ccc(Cl)c(C)c3)nc3ccccn3c2=O)cc1. The van der Waals surface area contributed by atoms with Gasteiger partial charge in [-0.1, -0.05) is 35.4 Å². The number of hydrogen-bond donors (Lipinski definition) is 0. The molecule has 2 aromatic carbocycles. The van der Waals surface area contributed by atoms with E-state index in [1.807, 2.05) is 32.0 Å². The molecule has 4 aromatic rings. The fourth-order valence-electron chi connectivity index (χ4n) is 3.12. The number of ether oxygens (including phenoxy) is 1. The maximum atomic E-state index is 13.3. The number of hydrogen-bond acceptors (Lipinski definition) is 5. The lowest BCUT2D eigenvalue weighted by Crippen LogP contribution is -2.19. The number of nitriles is 1. The van der Waals surface area contributed by atoms with E-state index in [1.54, 1.807) is 54.7 Å². The summed E-state index contributed by atoms with van der Waals surface area (Å²) in [5.41, 5.74) is 1.74. The van der Waals surface area contributed by atoms with Crippen molar-refractivity contribution in [1.82, 2.24) is 9.38 Å². The van der Waals surface area contributed by atoms with E-state index < -0.39 is 16.7 Å². The lowest BCUT2D eigenvalue weighted by atomic mass is 10.2. The number of rotatable bonds is 5. The van der Waals surface area contributed by atoms with Crippen LogP contribution in [-0.4, -0.2) is 13.9 Å². The Balaban J connectivity index is 1.87. The third-order valence-electron chi connectivity index (χ3n) is 4.90. The quantitative estimate of drug-likeness (QED) is 0.283. The van der Waals surface area contributed by atoms with Gasteiger partial charge in [-0.25, -0.2) is 0 Å². The lowest BCUT2D eigenvalue weighted by molar-refractivity contribution is 0.460. The number of nitrogens with zero attached hydrogens (tertiary/aromatic N) is 3. The van der Waals surface area contributed by atoms with Crippen LogP contribution in [0.2, 0.25) is 5.02 Å². The Morgan fingerprint density at radius 3 is 2.64 bits per heavy atom. The average Bonchev–Trinajstić information content (AvgIpc) is 2.81. The molecule has 1 unspecified atom stereocenters. The van der Waals surface area contributed by atoms with Crippen LogP contribution < -0.4 is 10.3 Å². The first-order valence-electron chi connectivity index (χ1n) is 9.93. The summed E-state index contributed by atoms with van der Waals surface area (Å²) in [6, 6.07) is 19.1. The molecule has 2 aromatic heterocycles. The van der Waals surface area contributed by atoms with E-state index in [4.69, 9.17) is 16.3 Å². The summed E-state index contributed by atoms with van der Waals surface area (Å²) >= 11 is 4.32. The molecule has 1 atom stereocenters. The molecule has 0 bridgehead atoms. The Labute approximate surface area is 198 Å². The molecule has 0 saturated carbocycles. The highest BCUT2D eigenvalue weighted by Crippen LogP contribution is 2.29. The van der Waals surface area contributed by atoms with Gasteiger partial charge in [0.25, 0.3) is 5.56 Å².